The quantitative estimate of drug-likeness (QED) is 0.783. The lowest BCUT2D eigenvalue weighted by molar-refractivity contribution is -0.140. The van der Waals surface area contributed by atoms with Gasteiger partial charge in [0, 0.05) is 19.2 Å². The summed E-state index contributed by atoms with van der Waals surface area (Å²) in [6, 6.07) is 0.120. The minimum absolute atomic E-state index is 0.00255. The Morgan fingerprint density at radius 2 is 2.12 bits per heavy atom. The van der Waals surface area contributed by atoms with Gasteiger partial charge in [-0.3, -0.25) is 4.79 Å². The van der Waals surface area contributed by atoms with Crippen LogP contribution in [0.4, 0.5) is 0 Å². The fourth-order valence-corrected chi connectivity index (χ4v) is 2.11. The van der Waals surface area contributed by atoms with Gasteiger partial charge in [0.25, 0.3) is 0 Å². The van der Waals surface area contributed by atoms with Crippen LogP contribution in [0.1, 0.15) is 34.1 Å². The fraction of sp³-hybridized carbons (Fsp3) is 0.917. The third kappa shape index (κ3) is 3.19. The smallest absolute Gasteiger partial charge is 0.228 e. The van der Waals surface area contributed by atoms with Crippen LogP contribution in [0.3, 0.4) is 0 Å². The van der Waals surface area contributed by atoms with Crippen LogP contribution < -0.4 is 0 Å². The van der Waals surface area contributed by atoms with Crippen molar-refractivity contribution in [1.82, 2.24) is 4.90 Å². The van der Waals surface area contributed by atoms with Gasteiger partial charge in [-0.15, -0.1) is 0 Å². The van der Waals surface area contributed by atoms with E-state index in [9.17, 15) is 9.90 Å². The number of amides is 1. The molecule has 1 fully saturated rings. The second-order valence-corrected chi connectivity index (χ2v) is 4.90. The summed E-state index contributed by atoms with van der Waals surface area (Å²) in [6.07, 6.45) is 0.315. The number of aliphatic hydroxyl groups excluding tert-OH is 1. The van der Waals surface area contributed by atoms with E-state index in [4.69, 9.17) is 4.74 Å². The van der Waals surface area contributed by atoms with Crippen LogP contribution in [0, 0.1) is 5.92 Å². The van der Waals surface area contributed by atoms with E-state index < -0.39 is 6.10 Å². The largest absolute Gasteiger partial charge is 0.392 e. The summed E-state index contributed by atoms with van der Waals surface area (Å²) < 4.78 is 5.41. The second kappa shape index (κ2) is 5.64. The van der Waals surface area contributed by atoms with Gasteiger partial charge in [0.15, 0.2) is 0 Å². The maximum atomic E-state index is 12.3. The van der Waals surface area contributed by atoms with Gasteiger partial charge in [-0.1, -0.05) is 0 Å². The van der Waals surface area contributed by atoms with Crippen LogP contribution in [0.2, 0.25) is 0 Å². The highest BCUT2D eigenvalue weighted by Gasteiger charge is 2.34. The minimum Gasteiger partial charge on any atom is -0.392 e. The zero-order valence-corrected chi connectivity index (χ0v) is 10.6. The van der Waals surface area contributed by atoms with Crippen molar-refractivity contribution in [2.24, 2.45) is 5.92 Å². The van der Waals surface area contributed by atoms with Gasteiger partial charge in [-0.05, 0) is 34.1 Å². The Balaban J connectivity index is 2.66. The van der Waals surface area contributed by atoms with E-state index in [1.807, 2.05) is 20.8 Å². The van der Waals surface area contributed by atoms with Crippen molar-refractivity contribution in [2.45, 2.75) is 52.4 Å². The summed E-state index contributed by atoms with van der Waals surface area (Å²) >= 11 is 0. The van der Waals surface area contributed by atoms with Gasteiger partial charge < -0.3 is 14.7 Å². The maximum absolute atomic E-state index is 12.3. The van der Waals surface area contributed by atoms with Crippen molar-refractivity contribution in [3.05, 3.63) is 0 Å². The predicted molar refractivity (Wildman–Crippen MR) is 62.1 cm³/mol. The Morgan fingerprint density at radius 3 is 2.50 bits per heavy atom. The first-order chi connectivity index (χ1) is 7.43. The van der Waals surface area contributed by atoms with Crippen LogP contribution in [0.25, 0.3) is 0 Å². The molecule has 16 heavy (non-hydrogen) atoms. The Labute approximate surface area is 97.6 Å². The molecule has 94 valence electrons. The normalized spacial score (nSPS) is 27.1. The topological polar surface area (TPSA) is 49.8 Å². The average molecular weight is 229 g/mol. The number of rotatable bonds is 4. The number of aliphatic hydroxyl groups is 1. The molecule has 0 radical (unpaired) electrons. The molecule has 1 amide bonds. The maximum Gasteiger partial charge on any atom is 0.228 e. The Bertz CT molecular complexity index is 240. The van der Waals surface area contributed by atoms with Crippen molar-refractivity contribution in [3.63, 3.8) is 0 Å². The highest BCUT2D eigenvalue weighted by Crippen LogP contribution is 2.23. The van der Waals surface area contributed by atoms with E-state index >= 15 is 0 Å². The number of nitrogens with zero attached hydrogens (tertiary/aromatic N) is 1. The first-order valence-corrected chi connectivity index (χ1v) is 6.03. The first-order valence-electron chi connectivity index (χ1n) is 6.03. The molecular weight excluding hydrogens is 206 g/mol. The summed E-state index contributed by atoms with van der Waals surface area (Å²) in [5, 5.41) is 9.40. The molecule has 3 atom stereocenters. The van der Waals surface area contributed by atoms with Crippen molar-refractivity contribution in [2.75, 3.05) is 13.2 Å². The summed E-state index contributed by atoms with van der Waals surface area (Å²) in [7, 11) is 0. The van der Waals surface area contributed by atoms with Crippen LogP contribution in [-0.4, -0.2) is 47.3 Å². The SMILES string of the molecule is CC(O)CN(C(=O)C1CCOC1C)C(C)C. The standard InChI is InChI=1S/C12H23NO3/c1-8(2)13(7-9(3)14)12(15)11-5-6-16-10(11)4/h8-11,14H,5-7H2,1-4H3. The van der Waals surface area contributed by atoms with Crippen LogP contribution in [-0.2, 0) is 9.53 Å². The fourth-order valence-electron chi connectivity index (χ4n) is 2.11. The number of carbonyl (C=O) groups excluding carboxylic acids is 1. The van der Waals surface area contributed by atoms with E-state index in [-0.39, 0.29) is 24.0 Å². The zero-order valence-electron chi connectivity index (χ0n) is 10.6. The Morgan fingerprint density at radius 1 is 1.50 bits per heavy atom. The lowest BCUT2D eigenvalue weighted by atomic mass is 10.00. The minimum atomic E-state index is -0.482. The summed E-state index contributed by atoms with van der Waals surface area (Å²) in [4.78, 5) is 14.0. The highest BCUT2D eigenvalue weighted by molar-refractivity contribution is 5.80. The number of ether oxygens (including phenoxy) is 1. The van der Waals surface area contributed by atoms with Crippen molar-refractivity contribution in [3.8, 4) is 0 Å². The molecule has 4 nitrogen and oxygen atoms in total. The van der Waals surface area contributed by atoms with E-state index in [0.717, 1.165) is 6.42 Å². The van der Waals surface area contributed by atoms with E-state index in [2.05, 4.69) is 0 Å². The first kappa shape index (κ1) is 13.5. The molecule has 0 saturated carbocycles. The Hall–Kier alpha value is -0.610. The molecule has 3 unspecified atom stereocenters. The molecule has 1 heterocycles. The molecule has 1 saturated heterocycles. The molecule has 0 bridgehead atoms. The van der Waals surface area contributed by atoms with Gasteiger partial charge in [-0.2, -0.15) is 0 Å². The molecular formula is C12H23NO3. The Kier molecular flexibility index (Phi) is 4.74. The summed E-state index contributed by atoms with van der Waals surface area (Å²) in [6.45, 7) is 8.66. The third-order valence-corrected chi connectivity index (χ3v) is 3.06. The highest BCUT2D eigenvalue weighted by atomic mass is 16.5. The molecule has 4 heteroatoms. The molecule has 0 aromatic carbocycles. The lowest BCUT2D eigenvalue weighted by Gasteiger charge is -2.31. The molecule has 1 rings (SSSR count). The van der Waals surface area contributed by atoms with Gasteiger partial charge in [0.05, 0.1) is 18.1 Å². The lowest BCUT2D eigenvalue weighted by Crippen LogP contribution is -2.45. The van der Waals surface area contributed by atoms with E-state index in [1.165, 1.54) is 0 Å². The van der Waals surface area contributed by atoms with Gasteiger partial charge in [0.1, 0.15) is 0 Å². The van der Waals surface area contributed by atoms with Gasteiger partial charge in [-0.25, -0.2) is 0 Å². The van der Waals surface area contributed by atoms with Crippen molar-refractivity contribution >= 4 is 5.91 Å². The van der Waals surface area contributed by atoms with Gasteiger partial charge in [0.2, 0.25) is 5.91 Å². The molecule has 0 aromatic heterocycles. The van der Waals surface area contributed by atoms with Crippen LogP contribution in [0.15, 0.2) is 0 Å². The van der Waals surface area contributed by atoms with Crippen molar-refractivity contribution in [1.29, 1.82) is 0 Å². The molecule has 0 aliphatic carbocycles. The van der Waals surface area contributed by atoms with Gasteiger partial charge >= 0.3 is 0 Å². The molecule has 0 spiro atoms. The van der Waals surface area contributed by atoms with Crippen LogP contribution in [0.5, 0.6) is 0 Å². The van der Waals surface area contributed by atoms with Crippen LogP contribution >= 0.6 is 0 Å². The molecule has 1 aliphatic heterocycles. The molecule has 1 aliphatic rings. The predicted octanol–water partition coefficient (Wildman–Crippen LogP) is 1.03. The third-order valence-electron chi connectivity index (χ3n) is 3.06. The number of hydrogen-bond donors (Lipinski definition) is 1. The number of hydrogen-bond acceptors (Lipinski definition) is 3. The van der Waals surface area contributed by atoms with Crippen molar-refractivity contribution < 1.29 is 14.6 Å². The average Bonchev–Trinajstić information content (AvgIpc) is 2.59. The zero-order chi connectivity index (χ0) is 12.3. The second-order valence-electron chi connectivity index (χ2n) is 4.90. The molecule has 0 aromatic rings. The monoisotopic (exact) mass is 229 g/mol. The summed E-state index contributed by atoms with van der Waals surface area (Å²) in [5.74, 6) is 0.0713. The van der Waals surface area contributed by atoms with E-state index in [1.54, 1.807) is 11.8 Å². The molecule has 1 N–H and O–H groups in total. The summed E-state index contributed by atoms with van der Waals surface area (Å²) in [5.41, 5.74) is 0. The number of carbonyl (C=O) groups is 1. The van der Waals surface area contributed by atoms with E-state index in [0.29, 0.717) is 13.2 Å².